The maximum Gasteiger partial charge on any atom is 0.0973 e. The molecule has 1 aliphatic rings. The van der Waals surface area contributed by atoms with Gasteiger partial charge in [0.25, 0.3) is 0 Å². The molecule has 3 heterocycles. The van der Waals surface area contributed by atoms with Crippen LogP contribution in [0.15, 0.2) is 194 Å². The minimum absolute atomic E-state index is 0.117. The Balaban J connectivity index is 0.961. The van der Waals surface area contributed by atoms with Gasteiger partial charge >= 0.3 is 0 Å². The van der Waals surface area contributed by atoms with Gasteiger partial charge in [0.2, 0.25) is 0 Å². The fraction of sp³-hybridized carbons (Fsp3) is 0.0526. The summed E-state index contributed by atoms with van der Waals surface area (Å²) < 4.78 is 4.81. The van der Waals surface area contributed by atoms with Crippen LogP contribution < -0.4 is 0 Å². The Bertz CT molecular complexity index is 3740. The van der Waals surface area contributed by atoms with E-state index >= 15 is 0 Å². The second kappa shape index (κ2) is 12.6. The van der Waals surface area contributed by atoms with Gasteiger partial charge in [-0.25, -0.2) is 9.97 Å². The Morgan fingerprint density at radius 2 is 0.885 bits per heavy atom. The Morgan fingerprint density at radius 3 is 1.57 bits per heavy atom. The van der Waals surface area contributed by atoms with Gasteiger partial charge in [-0.1, -0.05) is 135 Å². The minimum atomic E-state index is -0.117. The van der Waals surface area contributed by atoms with Crippen molar-refractivity contribution in [3.8, 4) is 45.0 Å². The first-order chi connectivity index (χ1) is 30.0. The van der Waals surface area contributed by atoms with Crippen LogP contribution >= 0.6 is 0 Å². The lowest BCUT2D eigenvalue weighted by molar-refractivity contribution is 0.660. The van der Waals surface area contributed by atoms with Crippen LogP contribution in [0, 0.1) is 0 Å². The van der Waals surface area contributed by atoms with Crippen LogP contribution in [0.4, 0.5) is 0 Å². The largest absolute Gasteiger partial charge is 0.309 e. The molecule has 3 aromatic heterocycles. The molecule has 4 heteroatoms. The van der Waals surface area contributed by atoms with Crippen LogP contribution in [0.5, 0.6) is 0 Å². The standard InChI is InChI=1S/C57H38N4/c1-57(2)47-17-7-3-13-41(47)42-30-26-37(33-48(42)57)56-55(58-49-18-8-9-19-50(49)59-56)35-23-27-39(28-24-35)60-53-22-12-6-16-45(53)46-32-36-25-29-40(31-38(36)34-54(46)60)61-51-20-10-4-14-43(51)44-15-5-11-21-52(44)61/h3-34H,1-2H3. The third kappa shape index (κ3) is 4.93. The molecule has 0 fully saturated rings. The van der Waals surface area contributed by atoms with Crippen molar-refractivity contribution in [1.82, 2.24) is 19.1 Å². The first kappa shape index (κ1) is 34.1. The molecule has 0 saturated heterocycles. The normalized spacial score (nSPS) is 13.2. The molecule has 0 aliphatic heterocycles. The molecule has 0 bridgehead atoms. The van der Waals surface area contributed by atoms with Gasteiger partial charge < -0.3 is 9.13 Å². The number of hydrogen-bond acceptors (Lipinski definition) is 2. The zero-order valence-corrected chi connectivity index (χ0v) is 33.8. The van der Waals surface area contributed by atoms with Crippen molar-refractivity contribution in [2.24, 2.45) is 0 Å². The smallest absolute Gasteiger partial charge is 0.0973 e. The van der Waals surface area contributed by atoms with E-state index in [9.17, 15) is 0 Å². The molecule has 0 spiro atoms. The highest BCUT2D eigenvalue weighted by atomic mass is 15.0. The lowest BCUT2D eigenvalue weighted by Gasteiger charge is -2.22. The summed E-state index contributed by atoms with van der Waals surface area (Å²) in [5, 5.41) is 7.42. The molecule has 0 N–H and O–H groups in total. The summed E-state index contributed by atoms with van der Waals surface area (Å²) in [5.41, 5.74) is 17.9. The summed E-state index contributed by atoms with van der Waals surface area (Å²) >= 11 is 0. The molecular weight excluding hydrogens is 741 g/mol. The Labute approximate surface area is 352 Å². The van der Waals surface area contributed by atoms with E-state index in [1.807, 2.05) is 12.1 Å². The van der Waals surface area contributed by atoms with Gasteiger partial charge in [-0.05, 0) is 106 Å². The second-order valence-electron chi connectivity index (χ2n) is 17.0. The number of rotatable bonds is 4. The summed E-state index contributed by atoms with van der Waals surface area (Å²) in [6.07, 6.45) is 0. The van der Waals surface area contributed by atoms with E-state index in [2.05, 4.69) is 205 Å². The average molecular weight is 779 g/mol. The van der Waals surface area contributed by atoms with Crippen molar-refractivity contribution in [2.45, 2.75) is 19.3 Å². The van der Waals surface area contributed by atoms with Crippen LogP contribution in [0.3, 0.4) is 0 Å². The van der Waals surface area contributed by atoms with Crippen molar-refractivity contribution in [2.75, 3.05) is 0 Å². The molecule has 0 atom stereocenters. The van der Waals surface area contributed by atoms with E-state index in [1.165, 1.54) is 76.6 Å². The Hall–Kier alpha value is -7.82. The molecule has 61 heavy (non-hydrogen) atoms. The van der Waals surface area contributed by atoms with Crippen molar-refractivity contribution in [1.29, 1.82) is 0 Å². The third-order valence-electron chi connectivity index (χ3n) is 13.3. The van der Waals surface area contributed by atoms with Gasteiger partial charge in [0.05, 0.1) is 44.5 Å². The highest BCUT2D eigenvalue weighted by Crippen LogP contribution is 2.50. The van der Waals surface area contributed by atoms with Crippen molar-refractivity contribution >= 4 is 65.4 Å². The molecule has 0 radical (unpaired) electrons. The van der Waals surface area contributed by atoms with Crippen molar-refractivity contribution in [3.05, 3.63) is 205 Å². The number of para-hydroxylation sites is 5. The zero-order valence-electron chi connectivity index (χ0n) is 33.8. The van der Waals surface area contributed by atoms with Crippen LogP contribution in [-0.2, 0) is 5.41 Å². The van der Waals surface area contributed by atoms with Gasteiger partial charge in [-0.2, -0.15) is 0 Å². The summed E-state index contributed by atoms with van der Waals surface area (Å²) in [4.78, 5) is 10.6. The van der Waals surface area contributed by atoms with Gasteiger partial charge in [-0.15, -0.1) is 0 Å². The molecule has 0 amide bonds. The van der Waals surface area contributed by atoms with Gasteiger partial charge in [0.15, 0.2) is 0 Å². The first-order valence-electron chi connectivity index (χ1n) is 21.1. The first-order valence-corrected chi connectivity index (χ1v) is 21.1. The van der Waals surface area contributed by atoms with E-state index in [0.717, 1.165) is 44.9 Å². The molecule has 0 saturated carbocycles. The highest BCUT2D eigenvalue weighted by molar-refractivity contribution is 6.14. The van der Waals surface area contributed by atoms with Crippen molar-refractivity contribution in [3.63, 3.8) is 0 Å². The monoisotopic (exact) mass is 778 g/mol. The van der Waals surface area contributed by atoms with E-state index in [-0.39, 0.29) is 5.41 Å². The highest BCUT2D eigenvalue weighted by Gasteiger charge is 2.35. The summed E-state index contributed by atoms with van der Waals surface area (Å²) in [5.74, 6) is 0. The minimum Gasteiger partial charge on any atom is -0.309 e. The fourth-order valence-electron chi connectivity index (χ4n) is 10.3. The van der Waals surface area contributed by atoms with Crippen molar-refractivity contribution < 1.29 is 0 Å². The van der Waals surface area contributed by atoms with E-state index in [1.54, 1.807) is 0 Å². The topological polar surface area (TPSA) is 35.6 Å². The van der Waals surface area contributed by atoms with Gasteiger partial charge in [0.1, 0.15) is 0 Å². The molecule has 4 nitrogen and oxygen atoms in total. The predicted molar refractivity (Wildman–Crippen MR) is 254 cm³/mol. The number of fused-ring (bicyclic) bond motifs is 11. The van der Waals surface area contributed by atoms with Crippen LogP contribution in [-0.4, -0.2) is 19.1 Å². The molecular formula is C57H38N4. The third-order valence-corrected chi connectivity index (χ3v) is 13.3. The maximum atomic E-state index is 5.32. The summed E-state index contributed by atoms with van der Waals surface area (Å²) in [7, 11) is 0. The number of nitrogens with zero attached hydrogens (tertiary/aromatic N) is 4. The van der Waals surface area contributed by atoms with Crippen LogP contribution in [0.25, 0.3) is 110 Å². The Morgan fingerprint density at radius 1 is 0.361 bits per heavy atom. The summed E-state index contributed by atoms with van der Waals surface area (Å²) in [6, 6.07) is 70.5. The molecule has 13 rings (SSSR count). The van der Waals surface area contributed by atoms with Crippen LogP contribution in [0.2, 0.25) is 0 Å². The molecule has 1 aliphatic carbocycles. The average Bonchev–Trinajstić information content (AvgIpc) is 3.90. The fourth-order valence-corrected chi connectivity index (χ4v) is 10.3. The lowest BCUT2D eigenvalue weighted by atomic mass is 9.81. The van der Waals surface area contributed by atoms with Gasteiger partial charge in [0, 0.05) is 49.5 Å². The summed E-state index contributed by atoms with van der Waals surface area (Å²) in [6.45, 7) is 4.66. The Kier molecular flexibility index (Phi) is 7.04. The van der Waals surface area contributed by atoms with E-state index in [0.29, 0.717) is 0 Å². The SMILES string of the molecule is CC1(C)c2ccccc2-c2ccc(-c3nc4ccccc4nc3-c3ccc(-n4c5ccccc5c5cc6ccc(-n7c8ccccc8c8ccccc87)cc6cc54)cc3)cc21. The van der Waals surface area contributed by atoms with Crippen LogP contribution in [0.1, 0.15) is 25.0 Å². The maximum absolute atomic E-state index is 5.32. The molecule has 12 aromatic rings. The molecule has 286 valence electrons. The lowest BCUT2D eigenvalue weighted by Crippen LogP contribution is -2.15. The quantitative estimate of drug-likeness (QED) is 0.178. The zero-order chi connectivity index (χ0) is 40.4. The van der Waals surface area contributed by atoms with E-state index in [4.69, 9.17) is 9.97 Å². The number of aromatic nitrogens is 4. The molecule has 9 aromatic carbocycles. The number of benzene rings is 9. The van der Waals surface area contributed by atoms with E-state index < -0.39 is 0 Å². The second-order valence-corrected chi connectivity index (χ2v) is 17.0. The van der Waals surface area contributed by atoms with Gasteiger partial charge in [-0.3, -0.25) is 0 Å². The predicted octanol–water partition coefficient (Wildman–Crippen LogP) is 14.6. The number of hydrogen-bond donors (Lipinski definition) is 0. The molecule has 0 unspecified atom stereocenters.